The van der Waals surface area contributed by atoms with Crippen LogP contribution in [-0.2, 0) is 11.3 Å². The molecule has 0 fully saturated rings. The van der Waals surface area contributed by atoms with Gasteiger partial charge in [-0.3, -0.25) is 0 Å². The van der Waals surface area contributed by atoms with Gasteiger partial charge in [0, 0.05) is 10.0 Å². The Bertz CT molecular complexity index is 784. The van der Waals surface area contributed by atoms with Gasteiger partial charge < -0.3 is 14.4 Å². The first kappa shape index (κ1) is 16.9. The molecule has 0 radical (unpaired) electrons. The molecule has 24 heavy (non-hydrogen) atoms. The molecule has 0 aliphatic rings. The summed E-state index contributed by atoms with van der Waals surface area (Å²) in [5, 5.41) is 13.9. The van der Waals surface area contributed by atoms with Crippen molar-refractivity contribution in [1.29, 1.82) is 0 Å². The molecule has 3 aromatic rings. The number of halogens is 1. The number of nitrogens with zero attached hydrogens (tertiary/aromatic N) is 1. The van der Waals surface area contributed by atoms with Crippen LogP contribution in [0.25, 0.3) is 11.3 Å². The molecule has 1 unspecified atom stereocenters. The van der Waals surface area contributed by atoms with E-state index in [0.717, 1.165) is 26.9 Å². The lowest BCUT2D eigenvalue weighted by atomic mass is 10.0. The minimum Gasteiger partial charge on any atom is -0.393 e. The van der Waals surface area contributed by atoms with E-state index in [-0.39, 0.29) is 6.61 Å². The van der Waals surface area contributed by atoms with Gasteiger partial charge in [-0.2, -0.15) is 0 Å². The molecule has 0 aliphatic carbocycles. The molecule has 0 bridgehead atoms. The average molecular weight is 388 g/mol. The highest BCUT2D eigenvalue weighted by Crippen LogP contribution is 2.33. The Hall–Kier alpha value is -1.95. The Balaban J connectivity index is 1.86. The normalized spacial score (nSPS) is 12.3. The highest BCUT2D eigenvalue weighted by Gasteiger charge is 2.24. The third kappa shape index (κ3) is 3.75. The summed E-state index contributed by atoms with van der Waals surface area (Å²) in [6.07, 6.45) is -0.491. The smallest absolute Gasteiger partial charge is 0.173 e. The first-order chi connectivity index (χ1) is 11.7. The lowest BCUT2D eigenvalue weighted by molar-refractivity contribution is 0.000871. The Labute approximate surface area is 149 Å². The number of ether oxygens (including phenoxy) is 1. The molecule has 0 saturated carbocycles. The Kier molecular flexibility index (Phi) is 5.45. The maximum atomic E-state index is 9.81. The van der Waals surface area contributed by atoms with Crippen molar-refractivity contribution >= 4 is 15.9 Å². The van der Waals surface area contributed by atoms with Gasteiger partial charge in [0.25, 0.3) is 0 Å². The van der Waals surface area contributed by atoms with Crippen molar-refractivity contribution < 1.29 is 14.4 Å². The van der Waals surface area contributed by atoms with E-state index in [0.29, 0.717) is 12.4 Å². The highest BCUT2D eigenvalue weighted by atomic mass is 79.9. The lowest BCUT2D eigenvalue weighted by Crippen LogP contribution is -2.10. The van der Waals surface area contributed by atoms with E-state index in [9.17, 15) is 5.11 Å². The average Bonchev–Trinajstić information content (AvgIpc) is 2.99. The number of aromatic nitrogens is 1. The Morgan fingerprint density at radius 1 is 1.12 bits per heavy atom. The van der Waals surface area contributed by atoms with Crippen LogP contribution in [0.5, 0.6) is 0 Å². The van der Waals surface area contributed by atoms with E-state index < -0.39 is 6.10 Å². The molecule has 1 atom stereocenters. The van der Waals surface area contributed by atoms with Crippen molar-refractivity contribution in [2.24, 2.45) is 0 Å². The van der Waals surface area contributed by atoms with Gasteiger partial charge in [0.1, 0.15) is 6.10 Å². The number of rotatable bonds is 6. The summed E-state index contributed by atoms with van der Waals surface area (Å²) in [5.74, 6) is 0.632. The van der Waals surface area contributed by atoms with Gasteiger partial charge in [-0.05, 0) is 24.6 Å². The molecular formula is C19H18BrNO3. The Morgan fingerprint density at radius 3 is 2.50 bits per heavy atom. The summed E-state index contributed by atoms with van der Waals surface area (Å²) in [6.45, 7) is 2.13. The van der Waals surface area contributed by atoms with Crippen LogP contribution >= 0.6 is 15.9 Å². The largest absolute Gasteiger partial charge is 0.393 e. The summed E-state index contributed by atoms with van der Waals surface area (Å²) in [4.78, 5) is 0. The van der Waals surface area contributed by atoms with E-state index in [4.69, 9.17) is 9.26 Å². The number of benzene rings is 2. The highest BCUT2D eigenvalue weighted by molar-refractivity contribution is 9.10. The van der Waals surface area contributed by atoms with Crippen LogP contribution in [0.2, 0.25) is 0 Å². The minimum absolute atomic E-state index is 0.140. The van der Waals surface area contributed by atoms with Gasteiger partial charge in [-0.25, -0.2) is 0 Å². The summed E-state index contributed by atoms with van der Waals surface area (Å²) < 4.78 is 12.4. The van der Waals surface area contributed by atoms with Gasteiger partial charge in [-0.1, -0.05) is 63.6 Å². The summed E-state index contributed by atoms with van der Waals surface area (Å²) in [7, 11) is 0. The van der Waals surface area contributed by atoms with Crippen LogP contribution in [0.1, 0.15) is 22.9 Å². The van der Waals surface area contributed by atoms with E-state index in [1.165, 1.54) is 0 Å². The van der Waals surface area contributed by atoms with E-state index >= 15 is 0 Å². The third-order valence-electron chi connectivity index (χ3n) is 3.80. The zero-order chi connectivity index (χ0) is 16.9. The van der Waals surface area contributed by atoms with Crippen LogP contribution in [0, 0.1) is 6.92 Å². The van der Waals surface area contributed by atoms with Crippen molar-refractivity contribution in [3.05, 3.63) is 75.9 Å². The Morgan fingerprint density at radius 2 is 1.83 bits per heavy atom. The molecule has 1 aromatic heterocycles. The van der Waals surface area contributed by atoms with Crippen LogP contribution in [0.4, 0.5) is 0 Å². The molecule has 3 rings (SSSR count). The second-order valence-corrected chi connectivity index (χ2v) is 6.40. The zero-order valence-electron chi connectivity index (χ0n) is 13.3. The molecule has 0 amide bonds. The van der Waals surface area contributed by atoms with Gasteiger partial charge in [-0.15, -0.1) is 0 Å². The van der Waals surface area contributed by atoms with Crippen LogP contribution in [0.3, 0.4) is 0 Å². The van der Waals surface area contributed by atoms with Gasteiger partial charge >= 0.3 is 0 Å². The quantitative estimate of drug-likeness (QED) is 0.667. The topological polar surface area (TPSA) is 55.5 Å². The summed E-state index contributed by atoms with van der Waals surface area (Å²) in [6, 6.07) is 17.6. The fourth-order valence-electron chi connectivity index (χ4n) is 2.56. The second kappa shape index (κ2) is 7.75. The van der Waals surface area contributed by atoms with E-state index in [1.807, 2.05) is 61.5 Å². The van der Waals surface area contributed by atoms with Crippen LogP contribution in [0.15, 0.2) is 63.6 Å². The minimum atomic E-state index is -0.491. The number of aryl methyl sites for hydroxylation is 1. The number of hydrogen-bond donors (Lipinski definition) is 1. The molecule has 0 spiro atoms. The summed E-state index contributed by atoms with van der Waals surface area (Å²) in [5.41, 5.74) is 3.46. The first-order valence-electron chi connectivity index (χ1n) is 7.67. The third-order valence-corrected chi connectivity index (χ3v) is 4.33. The standard InChI is InChI=1S/C19H18BrNO3/c1-13-18(17(11-22)23-12-14-5-3-2-4-6-14)19(24-21-13)15-7-9-16(20)10-8-15/h2-10,17,22H,11-12H2,1H3. The molecule has 4 nitrogen and oxygen atoms in total. The fourth-order valence-corrected chi connectivity index (χ4v) is 2.83. The summed E-state index contributed by atoms with van der Waals surface area (Å²) >= 11 is 3.42. The monoisotopic (exact) mass is 387 g/mol. The molecule has 5 heteroatoms. The van der Waals surface area contributed by atoms with E-state index in [2.05, 4.69) is 21.1 Å². The number of aliphatic hydroxyl groups excluding tert-OH is 1. The molecule has 1 heterocycles. The first-order valence-corrected chi connectivity index (χ1v) is 8.47. The molecule has 124 valence electrons. The SMILES string of the molecule is Cc1noc(-c2ccc(Br)cc2)c1C(CO)OCc1ccccc1. The van der Waals surface area contributed by atoms with Crippen molar-refractivity contribution in [3.8, 4) is 11.3 Å². The predicted octanol–water partition coefficient (Wildman–Crippen LogP) is 4.66. The molecule has 0 aliphatic heterocycles. The van der Waals surface area contributed by atoms with Gasteiger partial charge in [0.05, 0.1) is 24.5 Å². The molecule has 0 saturated heterocycles. The van der Waals surface area contributed by atoms with Gasteiger partial charge in [0.2, 0.25) is 0 Å². The van der Waals surface area contributed by atoms with Crippen LogP contribution < -0.4 is 0 Å². The maximum Gasteiger partial charge on any atom is 0.173 e. The maximum absolute atomic E-state index is 9.81. The predicted molar refractivity (Wildman–Crippen MR) is 95.4 cm³/mol. The molecular weight excluding hydrogens is 370 g/mol. The van der Waals surface area contributed by atoms with Crippen molar-refractivity contribution in [1.82, 2.24) is 5.16 Å². The number of aliphatic hydroxyl groups is 1. The fraction of sp³-hybridized carbons (Fsp3) is 0.211. The van der Waals surface area contributed by atoms with Crippen molar-refractivity contribution in [2.45, 2.75) is 19.6 Å². The van der Waals surface area contributed by atoms with Crippen molar-refractivity contribution in [2.75, 3.05) is 6.61 Å². The second-order valence-electron chi connectivity index (χ2n) is 5.49. The van der Waals surface area contributed by atoms with Gasteiger partial charge in [0.15, 0.2) is 5.76 Å². The number of hydrogen-bond acceptors (Lipinski definition) is 4. The van der Waals surface area contributed by atoms with Crippen molar-refractivity contribution in [3.63, 3.8) is 0 Å². The zero-order valence-corrected chi connectivity index (χ0v) is 14.9. The molecule has 1 N–H and O–H groups in total. The van der Waals surface area contributed by atoms with E-state index in [1.54, 1.807) is 0 Å². The van der Waals surface area contributed by atoms with Crippen LogP contribution in [-0.4, -0.2) is 16.9 Å². The molecule has 2 aromatic carbocycles. The lowest BCUT2D eigenvalue weighted by Gasteiger charge is -2.16.